The highest BCUT2D eigenvalue weighted by Gasteiger charge is 2.55. The van der Waals surface area contributed by atoms with E-state index in [9.17, 15) is 5.11 Å². The van der Waals surface area contributed by atoms with Crippen molar-refractivity contribution >= 4 is 48.6 Å². The van der Waals surface area contributed by atoms with E-state index in [1.165, 1.54) is 12.8 Å². The molecule has 6 bridgehead atoms. The number of benzene rings is 1. The second-order valence-electron chi connectivity index (χ2n) is 7.64. The van der Waals surface area contributed by atoms with Crippen molar-refractivity contribution in [2.24, 2.45) is 17.8 Å². The topological polar surface area (TPSA) is 63.2 Å². The zero-order chi connectivity index (χ0) is 15.2. The predicted octanol–water partition coefficient (Wildman–Crippen LogP) is 3.67. The van der Waals surface area contributed by atoms with Gasteiger partial charge < -0.3 is 16.3 Å². The molecule has 0 aromatic carbocycles. The minimum Gasteiger partial charge on any atom is -0.396 e. The van der Waals surface area contributed by atoms with Crippen molar-refractivity contribution in [3.8, 4) is 0 Å². The number of hydrogen-bond acceptors (Lipinski definition) is 3. The molecular weight excluding hydrogens is 410 g/mol. The van der Waals surface area contributed by atoms with Crippen LogP contribution in [-0.2, 0) is 0 Å². The van der Waals surface area contributed by atoms with E-state index in [2.05, 4.69) is 48.0 Å². The first kappa shape index (κ1) is 13.9. The maximum atomic E-state index is 10.7. The molecule has 4 nitrogen and oxygen atoms in total. The number of rotatable bonds is 2. The van der Waals surface area contributed by atoms with Crippen LogP contribution in [0.1, 0.15) is 32.1 Å². The molecule has 0 aliphatic heterocycles. The van der Waals surface area contributed by atoms with Gasteiger partial charge in [-0.25, -0.2) is 0 Å². The summed E-state index contributed by atoms with van der Waals surface area (Å²) in [7, 11) is 0. The lowest BCUT2D eigenvalue weighted by molar-refractivity contribution is -0.130. The molecule has 4 saturated carbocycles. The Morgan fingerprint density at radius 2 is 1.91 bits per heavy atom. The monoisotopic (exact) mass is 427 g/mol. The smallest absolute Gasteiger partial charge is 0.0933 e. The largest absolute Gasteiger partial charge is 0.396 e. The Labute approximate surface area is 146 Å². The predicted molar refractivity (Wildman–Crippen MR) is 94.6 cm³/mol. The van der Waals surface area contributed by atoms with Gasteiger partial charge in [0.15, 0.2) is 0 Å². The van der Waals surface area contributed by atoms with Crippen molar-refractivity contribution in [1.82, 2.24) is 4.68 Å². The molecule has 0 amide bonds. The molecule has 2 unspecified atom stereocenters. The number of nitrogens with one attached hydrogen (secondary N) is 1. The highest BCUT2D eigenvalue weighted by atomic mass is 79.9. The summed E-state index contributed by atoms with van der Waals surface area (Å²) in [6.07, 6.45) is 5.45. The number of nitrogens with two attached hydrogens (primary N) is 1. The molecule has 0 saturated heterocycles. The van der Waals surface area contributed by atoms with Crippen molar-refractivity contribution in [2.45, 2.75) is 43.7 Å². The average molecular weight is 429 g/mol. The summed E-state index contributed by atoms with van der Waals surface area (Å²) in [6, 6.07) is 2.52. The number of aliphatic hydroxyl groups is 1. The van der Waals surface area contributed by atoms with Gasteiger partial charge in [-0.3, -0.25) is 4.68 Å². The van der Waals surface area contributed by atoms with Gasteiger partial charge in [-0.2, -0.15) is 0 Å². The average Bonchev–Trinajstić information content (AvgIpc) is 2.85. The van der Waals surface area contributed by atoms with Crippen LogP contribution in [-0.4, -0.2) is 21.4 Å². The van der Waals surface area contributed by atoms with Crippen LogP contribution in [0.25, 0.3) is 11.0 Å². The molecule has 22 heavy (non-hydrogen) atoms. The molecule has 4 aliphatic rings. The summed E-state index contributed by atoms with van der Waals surface area (Å²) in [5.41, 5.74) is 12.5. The Morgan fingerprint density at radius 1 is 1.23 bits per heavy atom. The molecule has 4 aliphatic carbocycles. The third-order valence-corrected chi connectivity index (χ3v) is 7.60. The molecule has 0 spiro atoms. The van der Waals surface area contributed by atoms with Crippen molar-refractivity contribution in [2.75, 3.05) is 11.2 Å². The summed E-state index contributed by atoms with van der Waals surface area (Å²) >= 11 is 7.21. The van der Waals surface area contributed by atoms with Gasteiger partial charge in [0.1, 0.15) is 0 Å². The summed E-state index contributed by atoms with van der Waals surface area (Å²) in [5, 5.41) is 10.7. The summed E-state index contributed by atoms with van der Waals surface area (Å²) < 4.78 is 4.17. The Balaban J connectivity index is 1.51. The number of fused-ring (bicyclic) bond motifs is 2. The van der Waals surface area contributed by atoms with E-state index in [1.807, 2.05) is 0 Å². The quantitative estimate of drug-likeness (QED) is 0.639. The molecule has 0 radical (unpaired) electrons. The van der Waals surface area contributed by atoms with Gasteiger partial charge in [-0.1, -0.05) is 0 Å². The van der Waals surface area contributed by atoms with Crippen molar-refractivity contribution in [3.05, 3.63) is 15.0 Å². The molecule has 2 aromatic rings. The lowest BCUT2D eigenvalue weighted by Gasteiger charge is -2.58. The van der Waals surface area contributed by atoms with E-state index in [0.717, 1.165) is 50.8 Å². The van der Waals surface area contributed by atoms with E-state index in [0.29, 0.717) is 17.9 Å². The minimum atomic E-state index is -0.379. The molecule has 2 atom stereocenters. The van der Waals surface area contributed by atoms with E-state index in [-0.39, 0.29) is 5.60 Å². The van der Waals surface area contributed by atoms with Crippen molar-refractivity contribution in [3.63, 3.8) is 0 Å². The lowest BCUT2D eigenvalue weighted by atomic mass is 9.52. The Morgan fingerprint density at radius 3 is 2.50 bits per heavy atom. The number of nitrogens with zero attached hydrogens (tertiary/aromatic N) is 1. The first-order valence-corrected chi connectivity index (χ1v) is 9.60. The molecule has 2 heterocycles. The van der Waals surface area contributed by atoms with Crippen molar-refractivity contribution < 1.29 is 5.11 Å². The second-order valence-corrected chi connectivity index (χ2v) is 9.29. The number of aromatic nitrogens is 1. The van der Waals surface area contributed by atoms with Crippen LogP contribution in [0.2, 0.25) is 0 Å². The highest BCUT2D eigenvalue weighted by Crippen LogP contribution is 2.56. The molecule has 4 N–H and O–H groups in total. The zero-order valence-electron chi connectivity index (χ0n) is 12.1. The fourth-order valence-electron chi connectivity index (χ4n) is 5.60. The first-order valence-electron chi connectivity index (χ1n) is 8.01. The fourth-order valence-corrected chi connectivity index (χ4v) is 7.05. The highest BCUT2D eigenvalue weighted by molar-refractivity contribution is 9.11. The van der Waals surface area contributed by atoms with Crippen LogP contribution >= 0.6 is 31.9 Å². The standard InChI is InChI=1S/C16H19Br2N3O/c17-10-3-11-13(19)12(18)15(10)21(11)20-14-8-1-7-2-9(14)6-16(22,4-7)5-8/h3,7-9,14,20,22H,1-2,4-6,19H2. The zero-order valence-corrected chi connectivity index (χ0v) is 15.3. The van der Waals surface area contributed by atoms with E-state index in [4.69, 9.17) is 5.73 Å². The van der Waals surface area contributed by atoms with Gasteiger partial charge in [0.25, 0.3) is 0 Å². The van der Waals surface area contributed by atoms with E-state index < -0.39 is 0 Å². The van der Waals surface area contributed by atoms with E-state index >= 15 is 0 Å². The van der Waals surface area contributed by atoms with Crippen LogP contribution in [0, 0.1) is 17.8 Å². The van der Waals surface area contributed by atoms with Gasteiger partial charge in [0.05, 0.1) is 26.8 Å². The van der Waals surface area contributed by atoms with Gasteiger partial charge in [0.2, 0.25) is 0 Å². The normalized spacial score (nSPS) is 40.0. The maximum absolute atomic E-state index is 10.7. The van der Waals surface area contributed by atoms with Gasteiger partial charge in [0, 0.05) is 10.5 Å². The van der Waals surface area contributed by atoms with Gasteiger partial charge in [-0.15, -0.1) is 0 Å². The number of nitrogen functional groups attached to an aromatic ring is 1. The first-order chi connectivity index (χ1) is 10.5. The minimum absolute atomic E-state index is 0.379. The fraction of sp³-hybridized carbons (Fsp3) is 0.625. The summed E-state index contributed by atoms with van der Waals surface area (Å²) in [4.78, 5) is 0. The van der Waals surface area contributed by atoms with Crippen LogP contribution in [0.5, 0.6) is 0 Å². The number of hydrogen-bond donors (Lipinski definition) is 3. The van der Waals surface area contributed by atoms with Crippen molar-refractivity contribution in [1.29, 1.82) is 0 Å². The second kappa shape index (κ2) is 4.33. The number of halogens is 2. The Hall–Kier alpha value is -0.460. The molecule has 6 heteroatoms. The number of anilines is 1. The Bertz CT molecular complexity index is 742. The third-order valence-electron chi connectivity index (χ3n) is 6.19. The van der Waals surface area contributed by atoms with Crippen LogP contribution in [0.15, 0.2) is 15.0 Å². The van der Waals surface area contributed by atoms with Gasteiger partial charge in [-0.05, 0) is 87.8 Å². The SMILES string of the molecule is Nc1c(Br)c2c(Br)cc1n2NC1C2CC3CC1CC(O)(C3)C2. The molecule has 6 rings (SSSR count). The third kappa shape index (κ3) is 1.72. The summed E-state index contributed by atoms with van der Waals surface area (Å²) in [5.74, 6) is 1.89. The molecular formula is C16H19Br2N3O. The maximum Gasteiger partial charge on any atom is 0.0933 e. The van der Waals surface area contributed by atoms with Crippen LogP contribution in [0.3, 0.4) is 0 Å². The molecule has 2 aromatic heterocycles. The van der Waals surface area contributed by atoms with Crippen LogP contribution in [0.4, 0.5) is 5.69 Å². The van der Waals surface area contributed by atoms with Crippen LogP contribution < -0.4 is 11.2 Å². The Kier molecular flexibility index (Phi) is 2.74. The molecule has 118 valence electrons. The van der Waals surface area contributed by atoms with E-state index in [1.54, 1.807) is 0 Å². The van der Waals surface area contributed by atoms with Gasteiger partial charge >= 0.3 is 0 Å². The lowest BCUT2D eigenvalue weighted by Crippen LogP contribution is -2.60. The summed E-state index contributed by atoms with van der Waals surface area (Å²) in [6.45, 7) is 0. The molecule has 4 fully saturated rings.